The summed E-state index contributed by atoms with van der Waals surface area (Å²) in [5.41, 5.74) is 3.02. The third-order valence-electron chi connectivity index (χ3n) is 10.8. The molecule has 6 nitrogen and oxygen atoms in total. The molecule has 5 aliphatic rings. The molecule has 0 aromatic carbocycles. The number of hydrogen-bond donors (Lipinski definition) is 3. The summed E-state index contributed by atoms with van der Waals surface area (Å²) in [4.78, 5) is 17.6. The summed E-state index contributed by atoms with van der Waals surface area (Å²) in [7, 11) is 0. The Labute approximate surface area is 205 Å². The van der Waals surface area contributed by atoms with Crippen LogP contribution in [0.5, 0.6) is 0 Å². The van der Waals surface area contributed by atoms with Crippen LogP contribution >= 0.6 is 0 Å². The average molecular weight is 472 g/mol. The van der Waals surface area contributed by atoms with E-state index in [0.717, 1.165) is 62.6 Å². The van der Waals surface area contributed by atoms with Crippen molar-refractivity contribution in [1.82, 2.24) is 10.6 Å². The molecular formula is C28H45N3O3. The van der Waals surface area contributed by atoms with Gasteiger partial charge in [-0.1, -0.05) is 37.6 Å². The fraction of sp³-hybridized carbons (Fsp3) is 0.857. The van der Waals surface area contributed by atoms with E-state index in [1.165, 1.54) is 24.8 Å². The van der Waals surface area contributed by atoms with Crippen molar-refractivity contribution in [3.05, 3.63) is 11.6 Å². The first-order valence-corrected chi connectivity index (χ1v) is 13.8. The van der Waals surface area contributed by atoms with Gasteiger partial charge in [0, 0.05) is 18.5 Å². The van der Waals surface area contributed by atoms with Crippen LogP contribution < -0.4 is 10.6 Å². The Bertz CT molecular complexity index is 856. The first-order valence-electron chi connectivity index (χ1n) is 13.8. The van der Waals surface area contributed by atoms with Crippen LogP contribution in [0.1, 0.15) is 85.5 Å². The van der Waals surface area contributed by atoms with Gasteiger partial charge in [-0.05, 0) is 106 Å². The largest absolute Gasteiger partial charge is 0.433 e. The van der Waals surface area contributed by atoms with E-state index in [4.69, 9.17) is 4.84 Å². The van der Waals surface area contributed by atoms with Crippen molar-refractivity contribution in [2.24, 2.45) is 45.6 Å². The van der Waals surface area contributed by atoms with Crippen molar-refractivity contribution in [1.29, 1.82) is 0 Å². The van der Waals surface area contributed by atoms with Crippen molar-refractivity contribution in [3.63, 3.8) is 0 Å². The molecule has 3 N–H and O–H groups in total. The summed E-state index contributed by atoms with van der Waals surface area (Å²) in [5, 5.41) is 20.9. The van der Waals surface area contributed by atoms with Gasteiger partial charge in [0.15, 0.2) is 0 Å². The second-order valence-corrected chi connectivity index (χ2v) is 12.8. The lowest BCUT2D eigenvalue weighted by Gasteiger charge is -2.58. The van der Waals surface area contributed by atoms with Crippen LogP contribution in [0.2, 0.25) is 0 Å². The van der Waals surface area contributed by atoms with Gasteiger partial charge in [-0.3, -0.25) is 4.84 Å². The number of aliphatic hydroxyl groups is 1. The van der Waals surface area contributed by atoms with Gasteiger partial charge in [-0.25, -0.2) is 4.79 Å². The fourth-order valence-corrected chi connectivity index (χ4v) is 8.92. The highest BCUT2D eigenvalue weighted by Crippen LogP contribution is 2.66. The predicted octanol–water partition coefficient (Wildman–Crippen LogP) is 5.03. The second kappa shape index (κ2) is 9.24. The van der Waals surface area contributed by atoms with Crippen LogP contribution in [0, 0.1) is 40.4 Å². The van der Waals surface area contributed by atoms with Gasteiger partial charge in [0.2, 0.25) is 0 Å². The van der Waals surface area contributed by atoms with Crippen LogP contribution in [0.4, 0.5) is 4.79 Å². The summed E-state index contributed by atoms with van der Waals surface area (Å²) in [6.45, 7) is 10.8. The Morgan fingerprint density at radius 2 is 2.06 bits per heavy atom. The normalized spacial score (nSPS) is 46.2. The zero-order chi connectivity index (χ0) is 24.1. The molecule has 4 fully saturated rings. The van der Waals surface area contributed by atoms with Gasteiger partial charge in [0.25, 0.3) is 0 Å². The predicted molar refractivity (Wildman–Crippen MR) is 134 cm³/mol. The molecule has 2 unspecified atom stereocenters. The Kier molecular flexibility index (Phi) is 6.60. The number of hydrogen-bond acceptors (Lipinski definition) is 5. The van der Waals surface area contributed by atoms with E-state index >= 15 is 0 Å². The molecule has 1 amide bonds. The average Bonchev–Trinajstić information content (AvgIpc) is 3.39. The van der Waals surface area contributed by atoms with Crippen LogP contribution in [0.3, 0.4) is 0 Å². The first-order chi connectivity index (χ1) is 16.2. The molecule has 0 aromatic rings. The number of allylic oxidation sites excluding steroid dienone is 1. The summed E-state index contributed by atoms with van der Waals surface area (Å²) < 4.78 is 0. The van der Waals surface area contributed by atoms with Crippen LogP contribution in [-0.2, 0) is 4.84 Å². The van der Waals surface area contributed by atoms with E-state index in [-0.39, 0.29) is 16.9 Å². The van der Waals surface area contributed by atoms with Gasteiger partial charge < -0.3 is 15.7 Å². The minimum atomic E-state index is -0.443. The summed E-state index contributed by atoms with van der Waals surface area (Å²) in [5.74, 6) is 3.21. The van der Waals surface area contributed by atoms with Crippen molar-refractivity contribution in [2.75, 3.05) is 13.1 Å². The number of rotatable bonds is 4. The molecule has 6 heteroatoms. The third kappa shape index (κ3) is 4.23. The quantitative estimate of drug-likeness (QED) is 0.232. The van der Waals surface area contributed by atoms with Gasteiger partial charge in [-0.2, -0.15) is 0 Å². The molecule has 3 saturated carbocycles. The zero-order valence-corrected chi connectivity index (χ0v) is 21.6. The number of fused-ring (bicyclic) bond motifs is 5. The van der Waals surface area contributed by atoms with E-state index in [0.29, 0.717) is 30.3 Å². The Balaban J connectivity index is 1.22. The smallest absolute Gasteiger partial charge is 0.393 e. The molecule has 0 bridgehead atoms. The topological polar surface area (TPSA) is 83.0 Å². The molecule has 0 spiro atoms. The van der Waals surface area contributed by atoms with Gasteiger partial charge in [-0.15, -0.1) is 0 Å². The molecular weight excluding hydrogens is 426 g/mol. The van der Waals surface area contributed by atoms with E-state index in [1.807, 2.05) is 0 Å². The molecule has 190 valence electrons. The van der Waals surface area contributed by atoms with Crippen molar-refractivity contribution in [3.8, 4) is 0 Å². The number of amides is 1. The van der Waals surface area contributed by atoms with Crippen molar-refractivity contribution in [2.45, 2.75) is 97.6 Å². The molecule has 1 saturated heterocycles. The summed E-state index contributed by atoms with van der Waals surface area (Å²) in [6, 6.07) is 0.330. The maximum Gasteiger partial charge on any atom is 0.433 e. The van der Waals surface area contributed by atoms with Gasteiger partial charge in [0.05, 0.1) is 11.8 Å². The van der Waals surface area contributed by atoms with E-state index in [2.05, 4.69) is 49.6 Å². The molecule has 34 heavy (non-hydrogen) atoms. The molecule has 4 aliphatic carbocycles. The molecule has 9 atom stereocenters. The fourth-order valence-electron chi connectivity index (χ4n) is 8.92. The highest BCUT2D eigenvalue weighted by Gasteiger charge is 2.59. The summed E-state index contributed by atoms with van der Waals surface area (Å²) >= 11 is 0. The lowest BCUT2D eigenvalue weighted by molar-refractivity contribution is -0.0425. The standard InChI is InChI=1S/C28H45N3O3/c1-17-13-20(29-15-17)16-30-26(33)34-31-18(2)23-7-8-24-22-6-5-19-14-21(32)9-11-27(19,3)25(22)10-12-28(23,24)4/h5,17,20-25,29,32H,6-16H2,1-4H3,(H,30,33)/b31-18+/t17?,20?,21-,22-,23+,24-,25-,27-,28+/m0/s1. The minimum absolute atomic E-state index is 0.144. The molecule has 5 rings (SSSR count). The number of aliphatic hydroxyl groups excluding tert-OH is 1. The number of nitrogens with zero attached hydrogens (tertiary/aromatic N) is 1. The Morgan fingerprint density at radius 1 is 1.24 bits per heavy atom. The molecule has 0 radical (unpaired) electrons. The third-order valence-corrected chi connectivity index (χ3v) is 10.8. The number of nitrogens with one attached hydrogen (secondary N) is 2. The van der Waals surface area contributed by atoms with E-state index in [1.54, 1.807) is 0 Å². The lowest BCUT2D eigenvalue weighted by atomic mass is 9.47. The highest BCUT2D eigenvalue weighted by molar-refractivity contribution is 5.85. The van der Waals surface area contributed by atoms with Crippen LogP contribution in [0.25, 0.3) is 0 Å². The molecule has 0 aromatic heterocycles. The minimum Gasteiger partial charge on any atom is -0.393 e. The van der Waals surface area contributed by atoms with E-state index in [9.17, 15) is 9.90 Å². The maximum atomic E-state index is 12.3. The van der Waals surface area contributed by atoms with Crippen molar-refractivity contribution >= 4 is 11.8 Å². The Hall–Kier alpha value is -1.40. The first kappa shape index (κ1) is 24.3. The van der Waals surface area contributed by atoms with Crippen LogP contribution in [-0.4, -0.2) is 42.1 Å². The lowest BCUT2D eigenvalue weighted by Crippen LogP contribution is -2.50. The number of carbonyl (C=O) groups excluding carboxylic acids is 1. The number of carbonyl (C=O) groups is 1. The molecule has 1 aliphatic heterocycles. The SMILES string of the molecule is C/C(=N\OC(=O)NCC1CC(C)CN1)[C@H]1CC[C@H]2[C@@H]3CC=C4C[C@@H](O)CC[C@]4(C)[C@H]3CC[C@]12C. The van der Waals surface area contributed by atoms with Crippen LogP contribution in [0.15, 0.2) is 16.8 Å². The van der Waals surface area contributed by atoms with Gasteiger partial charge in [0.1, 0.15) is 0 Å². The maximum absolute atomic E-state index is 12.3. The zero-order valence-electron chi connectivity index (χ0n) is 21.6. The molecule has 1 heterocycles. The highest BCUT2D eigenvalue weighted by atomic mass is 16.7. The summed E-state index contributed by atoms with van der Waals surface area (Å²) in [6.07, 6.45) is 12.0. The number of oxime groups is 1. The van der Waals surface area contributed by atoms with Gasteiger partial charge >= 0.3 is 6.09 Å². The van der Waals surface area contributed by atoms with E-state index < -0.39 is 6.09 Å². The Morgan fingerprint density at radius 3 is 2.82 bits per heavy atom. The van der Waals surface area contributed by atoms with Crippen molar-refractivity contribution < 1.29 is 14.7 Å². The monoisotopic (exact) mass is 471 g/mol. The second-order valence-electron chi connectivity index (χ2n) is 12.8.